The fourth-order valence-electron chi connectivity index (χ4n) is 3.52. The number of aromatic amines is 1. The number of aromatic nitrogens is 5. The van der Waals surface area contributed by atoms with Gasteiger partial charge in [0, 0.05) is 23.5 Å². The number of rotatable bonds is 5. The molecule has 0 aliphatic heterocycles. The maximum Gasteiger partial charge on any atom is 0.298 e. The van der Waals surface area contributed by atoms with Gasteiger partial charge in [0.2, 0.25) is 0 Å². The van der Waals surface area contributed by atoms with E-state index in [9.17, 15) is 14.0 Å². The molecule has 1 amide bonds. The van der Waals surface area contributed by atoms with Crippen LogP contribution in [0.15, 0.2) is 77.9 Å². The van der Waals surface area contributed by atoms with Crippen molar-refractivity contribution < 1.29 is 13.9 Å². The van der Waals surface area contributed by atoms with Gasteiger partial charge >= 0.3 is 0 Å². The van der Waals surface area contributed by atoms with Gasteiger partial charge in [-0.25, -0.2) is 9.37 Å². The number of pyridine rings is 1. The molecule has 0 aliphatic rings. The molecule has 0 radical (unpaired) electrons. The standard InChI is InChI=1S/C24H17FN6O3/c1-34-18-9-3-6-15(12-18)22-27-20-19(14-5-2-8-17(25)11-14)28-29-21(20)24(33)31(22)30-23(32)16-7-4-10-26-13-16/h2-13H,1H3,(H,28,29)(H,30,32). The molecule has 0 atom stereocenters. The molecule has 2 N–H and O–H groups in total. The average Bonchev–Trinajstić information content (AvgIpc) is 3.30. The molecule has 2 aromatic carbocycles. The van der Waals surface area contributed by atoms with Crippen molar-refractivity contribution in [1.29, 1.82) is 0 Å². The number of nitrogens with one attached hydrogen (secondary N) is 2. The highest BCUT2D eigenvalue weighted by Gasteiger charge is 2.21. The lowest BCUT2D eigenvalue weighted by Gasteiger charge is -2.14. The Morgan fingerprint density at radius 3 is 2.68 bits per heavy atom. The van der Waals surface area contributed by atoms with Crippen molar-refractivity contribution in [2.45, 2.75) is 0 Å². The van der Waals surface area contributed by atoms with E-state index >= 15 is 0 Å². The minimum absolute atomic E-state index is 0.0531. The first-order valence-electron chi connectivity index (χ1n) is 10.2. The van der Waals surface area contributed by atoms with Gasteiger partial charge in [0.15, 0.2) is 11.3 Å². The van der Waals surface area contributed by atoms with Crippen molar-refractivity contribution in [3.05, 3.63) is 94.8 Å². The number of carbonyl (C=O) groups is 1. The monoisotopic (exact) mass is 456 g/mol. The Morgan fingerprint density at radius 2 is 1.91 bits per heavy atom. The van der Waals surface area contributed by atoms with Crippen molar-refractivity contribution in [1.82, 2.24) is 24.8 Å². The lowest BCUT2D eigenvalue weighted by molar-refractivity contribution is 0.101. The molecule has 5 aromatic rings. The second-order valence-corrected chi connectivity index (χ2v) is 7.30. The molecule has 34 heavy (non-hydrogen) atoms. The number of methoxy groups -OCH3 is 1. The molecule has 9 nitrogen and oxygen atoms in total. The number of halogens is 1. The summed E-state index contributed by atoms with van der Waals surface area (Å²) in [5.74, 6) is -0.314. The fraction of sp³-hybridized carbons (Fsp3) is 0.0417. The zero-order valence-corrected chi connectivity index (χ0v) is 17.8. The Kier molecular flexibility index (Phi) is 5.30. The molecule has 10 heteroatoms. The largest absolute Gasteiger partial charge is 0.497 e. The maximum atomic E-state index is 13.8. The van der Waals surface area contributed by atoms with E-state index in [-0.39, 0.29) is 22.4 Å². The lowest BCUT2D eigenvalue weighted by Crippen LogP contribution is -2.35. The Hall–Kier alpha value is -4.86. The topological polar surface area (TPSA) is 115 Å². The van der Waals surface area contributed by atoms with Crippen LogP contribution in [0.4, 0.5) is 4.39 Å². The number of fused-ring (bicyclic) bond motifs is 1. The van der Waals surface area contributed by atoms with Crippen LogP contribution in [-0.2, 0) is 0 Å². The molecule has 3 heterocycles. The van der Waals surface area contributed by atoms with Crippen LogP contribution < -0.4 is 15.7 Å². The second-order valence-electron chi connectivity index (χ2n) is 7.30. The summed E-state index contributed by atoms with van der Waals surface area (Å²) in [7, 11) is 1.52. The van der Waals surface area contributed by atoms with Gasteiger partial charge in [-0.2, -0.15) is 9.77 Å². The quantitative estimate of drug-likeness (QED) is 0.419. The Labute approximate surface area is 191 Å². The highest BCUT2D eigenvalue weighted by Crippen LogP contribution is 2.27. The summed E-state index contributed by atoms with van der Waals surface area (Å²) in [6, 6.07) is 15.9. The van der Waals surface area contributed by atoms with Crippen molar-refractivity contribution in [2.24, 2.45) is 0 Å². The lowest BCUT2D eigenvalue weighted by atomic mass is 10.1. The predicted molar refractivity (Wildman–Crippen MR) is 123 cm³/mol. The second kappa shape index (κ2) is 8.58. The summed E-state index contributed by atoms with van der Waals surface area (Å²) in [6.45, 7) is 0. The molecule has 0 spiro atoms. The van der Waals surface area contributed by atoms with Gasteiger partial charge in [0.1, 0.15) is 22.8 Å². The summed E-state index contributed by atoms with van der Waals surface area (Å²) in [4.78, 5) is 34.9. The number of ether oxygens (including phenoxy) is 1. The number of benzene rings is 2. The third kappa shape index (κ3) is 3.77. The number of hydrogen-bond acceptors (Lipinski definition) is 6. The van der Waals surface area contributed by atoms with Crippen LogP contribution in [0.2, 0.25) is 0 Å². The molecular formula is C24H17FN6O3. The zero-order valence-electron chi connectivity index (χ0n) is 17.8. The van der Waals surface area contributed by atoms with E-state index in [4.69, 9.17) is 4.74 Å². The number of carbonyl (C=O) groups excluding carboxylic acids is 1. The number of nitrogens with zero attached hydrogens (tertiary/aromatic N) is 4. The van der Waals surface area contributed by atoms with Crippen LogP contribution in [-0.4, -0.2) is 37.9 Å². The van der Waals surface area contributed by atoms with Crippen LogP contribution in [0.25, 0.3) is 33.7 Å². The van der Waals surface area contributed by atoms with Gasteiger partial charge in [-0.15, -0.1) is 0 Å². The Bertz CT molecular complexity index is 1580. The van der Waals surface area contributed by atoms with E-state index in [1.165, 1.54) is 31.6 Å². The van der Waals surface area contributed by atoms with E-state index in [2.05, 4.69) is 25.6 Å². The van der Waals surface area contributed by atoms with Crippen molar-refractivity contribution >= 4 is 16.9 Å². The van der Waals surface area contributed by atoms with Gasteiger partial charge in [-0.1, -0.05) is 24.3 Å². The molecule has 0 saturated carbocycles. The third-order valence-corrected chi connectivity index (χ3v) is 5.15. The molecule has 168 valence electrons. The average molecular weight is 456 g/mol. The van der Waals surface area contributed by atoms with E-state index in [0.29, 0.717) is 22.6 Å². The highest BCUT2D eigenvalue weighted by molar-refractivity contribution is 6.00. The smallest absolute Gasteiger partial charge is 0.298 e. The first kappa shape index (κ1) is 21.0. The molecule has 0 aliphatic carbocycles. The number of hydrogen-bond donors (Lipinski definition) is 2. The van der Waals surface area contributed by atoms with Gasteiger partial charge in [0.25, 0.3) is 11.5 Å². The summed E-state index contributed by atoms with van der Waals surface area (Å²) in [6.07, 6.45) is 2.92. The maximum absolute atomic E-state index is 13.8. The Balaban J connectivity index is 1.73. The minimum atomic E-state index is -0.588. The van der Waals surface area contributed by atoms with Crippen LogP contribution in [0.3, 0.4) is 0 Å². The van der Waals surface area contributed by atoms with Crippen LogP contribution in [0.5, 0.6) is 5.75 Å². The van der Waals surface area contributed by atoms with Gasteiger partial charge in [-0.3, -0.25) is 25.1 Å². The molecule has 3 aromatic heterocycles. The predicted octanol–water partition coefficient (Wildman–Crippen LogP) is 3.38. The summed E-state index contributed by atoms with van der Waals surface area (Å²) < 4.78 is 20.2. The first-order valence-corrected chi connectivity index (χ1v) is 10.2. The zero-order chi connectivity index (χ0) is 23.7. The van der Waals surface area contributed by atoms with Crippen LogP contribution in [0, 0.1) is 5.82 Å². The van der Waals surface area contributed by atoms with E-state index in [1.807, 2.05) is 0 Å². The number of H-pyrrole nitrogens is 1. The molecule has 0 fully saturated rings. The molecule has 0 saturated heterocycles. The fourth-order valence-corrected chi connectivity index (χ4v) is 3.52. The third-order valence-electron chi connectivity index (χ3n) is 5.15. The highest BCUT2D eigenvalue weighted by atomic mass is 19.1. The molecule has 0 bridgehead atoms. The van der Waals surface area contributed by atoms with Crippen molar-refractivity contribution in [2.75, 3.05) is 12.5 Å². The summed E-state index contributed by atoms with van der Waals surface area (Å²) in [5.41, 5.74) is 3.83. The van der Waals surface area contributed by atoms with E-state index in [1.54, 1.807) is 48.5 Å². The van der Waals surface area contributed by atoms with Crippen LogP contribution in [0.1, 0.15) is 10.4 Å². The van der Waals surface area contributed by atoms with Gasteiger partial charge < -0.3 is 4.74 Å². The number of amides is 1. The van der Waals surface area contributed by atoms with Gasteiger partial charge in [-0.05, 0) is 36.4 Å². The summed E-state index contributed by atoms with van der Waals surface area (Å²) >= 11 is 0. The first-order chi connectivity index (χ1) is 16.5. The van der Waals surface area contributed by atoms with Crippen molar-refractivity contribution in [3.8, 4) is 28.4 Å². The van der Waals surface area contributed by atoms with E-state index in [0.717, 1.165) is 4.68 Å². The van der Waals surface area contributed by atoms with Gasteiger partial charge in [0.05, 0.1) is 12.7 Å². The molecule has 0 unspecified atom stereocenters. The minimum Gasteiger partial charge on any atom is -0.497 e. The molecular weight excluding hydrogens is 439 g/mol. The van der Waals surface area contributed by atoms with Crippen LogP contribution >= 0.6 is 0 Å². The van der Waals surface area contributed by atoms with Crippen molar-refractivity contribution in [3.63, 3.8) is 0 Å². The van der Waals surface area contributed by atoms with E-state index < -0.39 is 17.3 Å². The normalized spacial score (nSPS) is 10.9. The Morgan fingerprint density at radius 1 is 1.09 bits per heavy atom. The SMILES string of the molecule is COc1cccc(-c2nc3c(-c4cccc(F)c4)n[nH]c3c(=O)n2NC(=O)c2cccnc2)c1. The summed E-state index contributed by atoms with van der Waals surface area (Å²) in [5, 5.41) is 6.87. The molecule has 5 rings (SSSR count).